The van der Waals surface area contributed by atoms with Gasteiger partial charge in [0.1, 0.15) is 0 Å². The van der Waals surface area contributed by atoms with Crippen LogP contribution in [-0.4, -0.2) is 51.3 Å². The van der Waals surface area contributed by atoms with Crippen LogP contribution in [0.15, 0.2) is 18.2 Å². The van der Waals surface area contributed by atoms with Gasteiger partial charge in [-0.3, -0.25) is 19.3 Å². The molecule has 0 spiro atoms. The largest absolute Gasteiger partial charge is 0.461 e. The van der Waals surface area contributed by atoms with Crippen LogP contribution in [0.3, 0.4) is 0 Å². The first kappa shape index (κ1) is 19.6. The molecule has 0 radical (unpaired) electrons. The van der Waals surface area contributed by atoms with E-state index in [1.807, 2.05) is 6.92 Å². The number of carbonyl (C=O) groups is 4. The summed E-state index contributed by atoms with van der Waals surface area (Å²) in [4.78, 5) is 49.8. The maximum atomic E-state index is 12.4. The van der Waals surface area contributed by atoms with Crippen molar-refractivity contribution in [1.29, 1.82) is 0 Å². The predicted molar refractivity (Wildman–Crippen MR) is 100 cm³/mol. The van der Waals surface area contributed by atoms with E-state index >= 15 is 0 Å². The number of esters is 1. The monoisotopic (exact) mass is 402 g/mol. The highest BCUT2D eigenvalue weighted by molar-refractivity contribution is 7.10. The lowest BCUT2D eigenvalue weighted by atomic mass is 10.1. The van der Waals surface area contributed by atoms with E-state index in [1.165, 1.54) is 0 Å². The van der Waals surface area contributed by atoms with E-state index in [0.717, 1.165) is 22.0 Å². The number of anilines is 1. The van der Waals surface area contributed by atoms with Crippen molar-refractivity contribution in [3.63, 3.8) is 0 Å². The fraction of sp³-hybridized carbons (Fsp3) is 0.333. The average molecular weight is 402 g/mol. The highest BCUT2D eigenvalue weighted by Gasteiger charge is 2.35. The second kappa shape index (κ2) is 8.26. The number of benzene rings is 1. The Morgan fingerprint density at radius 2 is 1.96 bits per heavy atom. The Labute approximate surface area is 164 Å². The van der Waals surface area contributed by atoms with E-state index in [0.29, 0.717) is 11.1 Å². The van der Waals surface area contributed by atoms with Gasteiger partial charge in [0.25, 0.3) is 11.8 Å². The van der Waals surface area contributed by atoms with Crippen molar-refractivity contribution >= 4 is 40.2 Å². The Hall–Kier alpha value is -3.14. The van der Waals surface area contributed by atoms with Crippen molar-refractivity contribution in [3.8, 4) is 0 Å². The van der Waals surface area contributed by atoms with E-state index in [2.05, 4.69) is 14.9 Å². The van der Waals surface area contributed by atoms with E-state index in [4.69, 9.17) is 4.74 Å². The van der Waals surface area contributed by atoms with E-state index in [9.17, 15) is 19.2 Å². The zero-order valence-corrected chi connectivity index (χ0v) is 16.2. The third-order valence-corrected chi connectivity index (χ3v) is 4.76. The molecule has 0 saturated heterocycles. The number of nitrogens with zero attached hydrogens (tertiary/aromatic N) is 3. The molecule has 0 unspecified atom stereocenters. The Morgan fingerprint density at radius 3 is 2.71 bits per heavy atom. The molecular weight excluding hydrogens is 384 g/mol. The van der Waals surface area contributed by atoms with Gasteiger partial charge in [-0.25, -0.2) is 4.79 Å². The maximum Gasteiger partial charge on any atom is 0.362 e. The van der Waals surface area contributed by atoms with Gasteiger partial charge in [-0.15, -0.1) is 5.10 Å². The molecule has 3 rings (SSSR count). The van der Waals surface area contributed by atoms with Crippen molar-refractivity contribution in [2.45, 2.75) is 26.7 Å². The first-order chi connectivity index (χ1) is 13.4. The summed E-state index contributed by atoms with van der Waals surface area (Å²) in [6, 6.07) is 5.12. The summed E-state index contributed by atoms with van der Waals surface area (Å²) >= 11 is 0.872. The fourth-order valence-electron chi connectivity index (χ4n) is 2.80. The zero-order chi connectivity index (χ0) is 20.3. The standard InChI is InChI=1S/C18H18N4O5S/c1-3-27-18(26)14-15(28-21-20-14)19-13(23)5-4-8-22-16(24)11-7-6-10(2)9-12(11)17(22)25/h6-7,9H,3-5,8H2,1-2H3,(H,19,23). The molecule has 1 aromatic heterocycles. The van der Waals surface area contributed by atoms with E-state index in [-0.39, 0.29) is 54.4 Å². The van der Waals surface area contributed by atoms with Crippen LogP contribution in [0.5, 0.6) is 0 Å². The van der Waals surface area contributed by atoms with Gasteiger partial charge in [0.15, 0.2) is 5.00 Å². The molecule has 0 fully saturated rings. The van der Waals surface area contributed by atoms with Crippen LogP contribution in [0.1, 0.15) is 56.5 Å². The molecule has 0 bridgehead atoms. The van der Waals surface area contributed by atoms with Gasteiger partial charge < -0.3 is 10.1 Å². The fourth-order valence-corrected chi connectivity index (χ4v) is 3.37. The maximum absolute atomic E-state index is 12.4. The average Bonchev–Trinajstić information content (AvgIpc) is 3.20. The van der Waals surface area contributed by atoms with Gasteiger partial charge in [-0.1, -0.05) is 16.1 Å². The Morgan fingerprint density at radius 1 is 1.21 bits per heavy atom. The van der Waals surface area contributed by atoms with Gasteiger partial charge in [0.05, 0.1) is 17.7 Å². The lowest BCUT2D eigenvalue weighted by Crippen LogP contribution is -2.31. The van der Waals surface area contributed by atoms with Crippen molar-refractivity contribution in [1.82, 2.24) is 14.5 Å². The molecule has 2 heterocycles. The molecule has 0 saturated carbocycles. The highest BCUT2D eigenvalue weighted by Crippen LogP contribution is 2.24. The first-order valence-electron chi connectivity index (χ1n) is 8.68. The Bertz CT molecular complexity index is 955. The molecule has 0 aliphatic carbocycles. The number of hydrogen-bond acceptors (Lipinski definition) is 8. The quantitative estimate of drug-likeness (QED) is 0.556. The summed E-state index contributed by atoms with van der Waals surface area (Å²) in [5.74, 6) is -1.73. The van der Waals surface area contributed by atoms with E-state index in [1.54, 1.807) is 25.1 Å². The molecule has 1 aromatic carbocycles. The van der Waals surface area contributed by atoms with Crippen LogP contribution >= 0.6 is 11.5 Å². The Balaban J connectivity index is 1.54. The highest BCUT2D eigenvalue weighted by atomic mass is 32.1. The second-order valence-electron chi connectivity index (χ2n) is 6.13. The van der Waals surface area contributed by atoms with Gasteiger partial charge in [-0.05, 0) is 32.4 Å². The molecule has 1 N–H and O–H groups in total. The summed E-state index contributed by atoms with van der Waals surface area (Å²) in [5.41, 5.74) is 1.63. The van der Waals surface area contributed by atoms with E-state index < -0.39 is 5.97 Å². The van der Waals surface area contributed by atoms with Gasteiger partial charge in [0.2, 0.25) is 11.6 Å². The number of hydrogen-bond donors (Lipinski definition) is 1. The molecule has 2 aromatic rings. The number of nitrogens with one attached hydrogen (secondary N) is 1. The van der Waals surface area contributed by atoms with Crippen LogP contribution < -0.4 is 5.32 Å². The zero-order valence-electron chi connectivity index (χ0n) is 15.4. The number of carbonyl (C=O) groups excluding carboxylic acids is 4. The number of aryl methyl sites for hydroxylation is 1. The third kappa shape index (κ3) is 3.91. The molecule has 146 valence electrons. The first-order valence-corrected chi connectivity index (χ1v) is 9.46. The minimum Gasteiger partial charge on any atom is -0.461 e. The number of imide groups is 1. The Kier molecular flexibility index (Phi) is 5.78. The lowest BCUT2D eigenvalue weighted by molar-refractivity contribution is -0.116. The van der Waals surface area contributed by atoms with Crippen LogP contribution in [-0.2, 0) is 9.53 Å². The minimum atomic E-state index is -0.659. The summed E-state index contributed by atoms with van der Waals surface area (Å²) in [5, 5.41) is 6.44. The van der Waals surface area contributed by atoms with Gasteiger partial charge >= 0.3 is 5.97 Å². The van der Waals surface area contributed by atoms with Crippen molar-refractivity contribution < 1.29 is 23.9 Å². The molecule has 3 amide bonds. The molecule has 1 aliphatic rings. The third-order valence-electron chi connectivity index (χ3n) is 4.12. The number of ether oxygens (including phenoxy) is 1. The lowest BCUT2D eigenvalue weighted by Gasteiger charge is -2.13. The topological polar surface area (TPSA) is 119 Å². The van der Waals surface area contributed by atoms with Crippen LogP contribution in [0.4, 0.5) is 5.00 Å². The van der Waals surface area contributed by atoms with Gasteiger partial charge in [-0.2, -0.15) is 0 Å². The van der Waals surface area contributed by atoms with Gasteiger partial charge in [0, 0.05) is 24.5 Å². The molecule has 10 heteroatoms. The molecular formula is C18H18N4O5S. The minimum absolute atomic E-state index is 0.0454. The smallest absolute Gasteiger partial charge is 0.362 e. The van der Waals surface area contributed by atoms with Crippen molar-refractivity contribution in [2.75, 3.05) is 18.5 Å². The SMILES string of the molecule is CCOC(=O)c1nnsc1NC(=O)CCCN1C(=O)c2ccc(C)cc2C1=O. The number of aromatic nitrogens is 2. The normalized spacial score (nSPS) is 12.9. The van der Waals surface area contributed by atoms with Crippen LogP contribution in [0, 0.1) is 6.92 Å². The summed E-state index contributed by atoms with van der Waals surface area (Å²) in [6.07, 6.45) is 0.351. The summed E-state index contributed by atoms with van der Waals surface area (Å²) < 4.78 is 8.50. The molecule has 9 nitrogen and oxygen atoms in total. The van der Waals surface area contributed by atoms with Crippen LogP contribution in [0.2, 0.25) is 0 Å². The summed E-state index contributed by atoms with van der Waals surface area (Å²) in [7, 11) is 0. The second-order valence-corrected chi connectivity index (χ2v) is 6.89. The molecule has 28 heavy (non-hydrogen) atoms. The van der Waals surface area contributed by atoms with Crippen LogP contribution in [0.25, 0.3) is 0 Å². The molecule has 0 atom stereocenters. The summed E-state index contributed by atoms with van der Waals surface area (Å²) in [6.45, 7) is 3.83. The number of fused-ring (bicyclic) bond motifs is 1. The predicted octanol–water partition coefficient (Wildman–Crippen LogP) is 2.04. The van der Waals surface area contributed by atoms with Crippen molar-refractivity contribution in [3.05, 3.63) is 40.6 Å². The number of rotatable bonds is 7. The van der Waals surface area contributed by atoms with Crippen molar-refractivity contribution in [2.24, 2.45) is 0 Å². The number of amides is 3. The molecule has 1 aliphatic heterocycles.